The third kappa shape index (κ3) is 3.78. The van der Waals surface area contributed by atoms with Crippen molar-refractivity contribution in [3.05, 3.63) is 59.7 Å². The molecule has 3 rings (SSSR count). The third-order valence-electron chi connectivity index (χ3n) is 3.37. The van der Waals surface area contributed by atoms with Crippen LogP contribution in [0.1, 0.15) is 11.1 Å². The lowest BCUT2D eigenvalue weighted by atomic mass is 10.1. The summed E-state index contributed by atoms with van der Waals surface area (Å²) >= 11 is 0. The van der Waals surface area contributed by atoms with Gasteiger partial charge in [0.15, 0.2) is 0 Å². The zero-order valence-electron chi connectivity index (χ0n) is 13.0. The van der Waals surface area contributed by atoms with E-state index in [2.05, 4.69) is 25.7 Å². The molecule has 0 aliphatic carbocycles. The van der Waals surface area contributed by atoms with Crippen molar-refractivity contribution in [2.45, 2.75) is 20.0 Å². The van der Waals surface area contributed by atoms with Crippen LogP contribution in [0.2, 0.25) is 0 Å². The third-order valence-corrected chi connectivity index (χ3v) is 3.37. The van der Waals surface area contributed by atoms with E-state index in [1.165, 1.54) is 10.9 Å². The van der Waals surface area contributed by atoms with Gasteiger partial charge < -0.3 is 5.32 Å². The first-order valence-electron chi connectivity index (χ1n) is 7.32. The number of carbonyl (C=O) groups is 1. The number of halogens is 1. The zero-order chi connectivity index (χ0) is 16.9. The number of carbonyl (C=O) groups excluding carboxylic acids is 1. The van der Waals surface area contributed by atoms with E-state index in [4.69, 9.17) is 0 Å². The summed E-state index contributed by atoms with van der Waals surface area (Å²) in [6.45, 7) is 1.99. The first-order chi connectivity index (χ1) is 11.6. The average molecular weight is 326 g/mol. The molecule has 0 spiro atoms. The van der Waals surface area contributed by atoms with Gasteiger partial charge in [0.25, 0.3) is 0 Å². The van der Waals surface area contributed by atoms with Crippen LogP contribution >= 0.6 is 0 Å². The molecule has 7 nitrogen and oxygen atoms in total. The van der Waals surface area contributed by atoms with Gasteiger partial charge in [-0.2, -0.15) is 4.80 Å². The quantitative estimate of drug-likeness (QED) is 0.768. The van der Waals surface area contributed by atoms with Crippen molar-refractivity contribution in [1.82, 2.24) is 30.5 Å². The van der Waals surface area contributed by atoms with Crippen molar-refractivity contribution < 1.29 is 9.18 Å². The Hall–Kier alpha value is -3.16. The molecule has 0 fully saturated rings. The van der Waals surface area contributed by atoms with Gasteiger partial charge in [-0.25, -0.2) is 4.39 Å². The minimum atomic E-state index is -0.291. The first kappa shape index (κ1) is 15.7. The summed E-state index contributed by atoms with van der Waals surface area (Å²) < 4.78 is 13.3. The van der Waals surface area contributed by atoms with Crippen LogP contribution in [-0.4, -0.2) is 31.1 Å². The zero-order valence-corrected chi connectivity index (χ0v) is 13.0. The highest BCUT2D eigenvalue weighted by atomic mass is 19.1. The molecule has 8 heteroatoms. The van der Waals surface area contributed by atoms with Gasteiger partial charge in [-0.05, 0) is 47.5 Å². The Morgan fingerprint density at radius 3 is 2.96 bits per heavy atom. The van der Waals surface area contributed by atoms with E-state index in [1.54, 1.807) is 37.5 Å². The van der Waals surface area contributed by atoms with Gasteiger partial charge in [-0.3, -0.25) is 9.78 Å². The molecular weight excluding hydrogens is 311 g/mol. The van der Waals surface area contributed by atoms with Gasteiger partial charge in [0, 0.05) is 24.5 Å². The van der Waals surface area contributed by atoms with E-state index < -0.39 is 0 Å². The molecule has 0 saturated heterocycles. The lowest BCUT2D eigenvalue weighted by Gasteiger charge is -2.03. The van der Waals surface area contributed by atoms with Gasteiger partial charge >= 0.3 is 0 Å². The van der Waals surface area contributed by atoms with E-state index in [0.717, 1.165) is 5.56 Å². The molecule has 0 aliphatic rings. The summed E-state index contributed by atoms with van der Waals surface area (Å²) in [5, 5.41) is 14.6. The summed E-state index contributed by atoms with van der Waals surface area (Å²) in [5.41, 5.74) is 2.05. The molecule has 1 amide bonds. The smallest absolute Gasteiger partial charge is 0.243 e. The standard InChI is InChI=1S/C16H15FN6O/c1-11-7-13(4-5-14(11)17)16-20-22-23(21-16)10-15(24)19-9-12-3-2-6-18-8-12/h2-8H,9-10H2,1H3,(H,19,24). The Morgan fingerprint density at radius 2 is 2.21 bits per heavy atom. The van der Waals surface area contributed by atoms with Crippen LogP contribution in [0.4, 0.5) is 4.39 Å². The number of hydrogen-bond acceptors (Lipinski definition) is 5. The topological polar surface area (TPSA) is 85.6 Å². The van der Waals surface area contributed by atoms with Crippen LogP contribution in [0.3, 0.4) is 0 Å². The second-order valence-corrected chi connectivity index (χ2v) is 5.25. The number of pyridine rings is 1. The number of nitrogens with zero attached hydrogens (tertiary/aromatic N) is 5. The Labute approximate surface area is 137 Å². The second-order valence-electron chi connectivity index (χ2n) is 5.25. The maximum Gasteiger partial charge on any atom is 0.243 e. The SMILES string of the molecule is Cc1cc(-c2nnn(CC(=O)NCc3cccnc3)n2)ccc1F. The van der Waals surface area contributed by atoms with E-state index in [1.807, 2.05) is 6.07 Å². The molecule has 0 atom stereocenters. The molecule has 2 aromatic heterocycles. The number of aryl methyl sites for hydroxylation is 1. The van der Waals surface area contributed by atoms with E-state index in [0.29, 0.717) is 23.5 Å². The molecule has 0 radical (unpaired) electrons. The minimum absolute atomic E-state index is 0.0482. The highest BCUT2D eigenvalue weighted by Crippen LogP contribution is 2.17. The van der Waals surface area contributed by atoms with E-state index >= 15 is 0 Å². The summed E-state index contributed by atoms with van der Waals surface area (Å²) in [7, 11) is 0. The van der Waals surface area contributed by atoms with Gasteiger partial charge in [0.2, 0.25) is 11.7 Å². The molecule has 0 unspecified atom stereocenters. The van der Waals surface area contributed by atoms with Gasteiger partial charge in [-0.1, -0.05) is 6.07 Å². The Morgan fingerprint density at radius 1 is 1.33 bits per heavy atom. The van der Waals surface area contributed by atoms with Crippen LogP contribution in [-0.2, 0) is 17.9 Å². The van der Waals surface area contributed by atoms with Gasteiger partial charge in [0.05, 0.1) is 0 Å². The van der Waals surface area contributed by atoms with Crippen LogP contribution < -0.4 is 5.32 Å². The summed E-state index contributed by atoms with van der Waals surface area (Å²) in [6, 6.07) is 8.24. The molecule has 3 aromatic rings. The van der Waals surface area contributed by atoms with Crippen molar-refractivity contribution in [3.8, 4) is 11.4 Å². The molecule has 2 heterocycles. The van der Waals surface area contributed by atoms with Crippen LogP contribution in [0.15, 0.2) is 42.7 Å². The Bertz CT molecular complexity index is 849. The molecule has 24 heavy (non-hydrogen) atoms. The van der Waals surface area contributed by atoms with Gasteiger partial charge in [0.1, 0.15) is 12.4 Å². The number of tetrazole rings is 1. The molecular formula is C16H15FN6O. The summed E-state index contributed by atoms with van der Waals surface area (Å²) in [4.78, 5) is 17.1. The van der Waals surface area contributed by atoms with Crippen LogP contribution in [0.5, 0.6) is 0 Å². The Balaban J connectivity index is 1.61. The number of hydrogen-bond donors (Lipinski definition) is 1. The largest absolute Gasteiger partial charge is 0.350 e. The second kappa shape index (κ2) is 6.95. The maximum absolute atomic E-state index is 13.3. The predicted molar refractivity (Wildman–Crippen MR) is 84.0 cm³/mol. The normalized spacial score (nSPS) is 10.6. The highest BCUT2D eigenvalue weighted by molar-refractivity contribution is 5.75. The van der Waals surface area contributed by atoms with Crippen LogP contribution in [0, 0.1) is 12.7 Å². The van der Waals surface area contributed by atoms with Crippen molar-refractivity contribution in [3.63, 3.8) is 0 Å². The monoisotopic (exact) mass is 326 g/mol. The molecule has 0 bridgehead atoms. The molecule has 0 aliphatic heterocycles. The fourth-order valence-corrected chi connectivity index (χ4v) is 2.10. The fourth-order valence-electron chi connectivity index (χ4n) is 2.10. The van der Waals surface area contributed by atoms with Crippen LogP contribution in [0.25, 0.3) is 11.4 Å². The fraction of sp³-hybridized carbons (Fsp3) is 0.188. The number of nitrogens with one attached hydrogen (secondary N) is 1. The van der Waals surface area contributed by atoms with Crippen molar-refractivity contribution >= 4 is 5.91 Å². The Kier molecular flexibility index (Phi) is 4.55. The summed E-state index contributed by atoms with van der Waals surface area (Å²) in [6.07, 6.45) is 3.35. The average Bonchev–Trinajstić information content (AvgIpc) is 3.05. The number of amides is 1. The number of aromatic nitrogens is 5. The van der Waals surface area contributed by atoms with E-state index in [-0.39, 0.29) is 18.3 Å². The van der Waals surface area contributed by atoms with Crippen molar-refractivity contribution in [2.24, 2.45) is 0 Å². The minimum Gasteiger partial charge on any atom is -0.350 e. The first-order valence-corrected chi connectivity index (χ1v) is 7.32. The van der Waals surface area contributed by atoms with Crippen molar-refractivity contribution in [2.75, 3.05) is 0 Å². The molecule has 1 N–H and O–H groups in total. The highest BCUT2D eigenvalue weighted by Gasteiger charge is 2.10. The lowest BCUT2D eigenvalue weighted by molar-refractivity contribution is -0.122. The van der Waals surface area contributed by atoms with Gasteiger partial charge in [-0.15, -0.1) is 10.2 Å². The van der Waals surface area contributed by atoms with E-state index in [9.17, 15) is 9.18 Å². The van der Waals surface area contributed by atoms with Crippen molar-refractivity contribution in [1.29, 1.82) is 0 Å². The number of benzene rings is 1. The summed E-state index contributed by atoms with van der Waals surface area (Å²) in [5.74, 6) is -0.183. The predicted octanol–water partition coefficient (Wildman–Crippen LogP) is 1.50. The molecule has 1 aromatic carbocycles. The number of rotatable bonds is 5. The molecule has 0 saturated carbocycles. The maximum atomic E-state index is 13.3. The lowest BCUT2D eigenvalue weighted by Crippen LogP contribution is -2.28. The molecule has 122 valence electrons.